The van der Waals surface area contributed by atoms with Crippen LogP contribution < -0.4 is 0 Å². The lowest BCUT2D eigenvalue weighted by molar-refractivity contribution is 0.0725. The molecule has 1 atom stereocenters. The van der Waals surface area contributed by atoms with Crippen LogP contribution in [0.15, 0.2) is 24.0 Å². The minimum atomic E-state index is 0.120. The number of aromatic nitrogens is 3. The summed E-state index contributed by atoms with van der Waals surface area (Å²) in [6, 6.07) is 2.16. The summed E-state index contributed by atoms with van der Waals surface area (Å²) >= 11 is 1.43. The van der Waals surface area contributed by atoms with Gasteiger partial charge < -0.3 is 4.90 Å². The molecule has 0 spiro atoms. The van der Waals surface area contributed by atoms with Crippen molar-refractivity contribution in [2.24, 2.45) is 0 Å². The fraction of sp³-hybridized carbons (Fsp3) is 0.462. The third kappa shape index (κ3) is 2.40. The summed E-state index contributed by atoms with van der Waals surface area (Å²) in [5.74, 6) is 0.120. The number of amides is 1. The van der Waals surface area contributed by atoms with Crippen LogP contribution in [0.1, 0.15) is 28.2 Å². The van der Waals surface area contributed by atoms with E-state index in [9.17, 15) is 4.79 Å². The van der Waals surface area contributed by atoms with Crippen molar-refractivity contribution in [1.82, 2.24) is 19.7 Å². The molecule has 0 unspecified atom stereocenters. The van der Waals surface area contributed by atoms with Crippen LogP contribution in [0.3, 0.4) is 0 Å². The first kappa shape index (κ1) is 12.3. The molecule has 1 fully saturated rings. The van der Waals surface area contributed by atoms with Crippen LogP contribution in [-0.4, -0.2) is 38.2 Å². The van der Waals surface area contributed by atoms with Crippen LogP contribution in [0.5, 0.6) is 0 Å². The second-order valence-electron chi connectivity index (χ2n) is 4.79. The van der Waals surface area contributed by atoms with Crippen LogP contribution in [-0.2, 0) is 6.54 Å². The number of carbonyl (C=O) groups excluding carboxylic acids is 1. The molecule has 3 heterocycles. The molecule has 5 nitrogen and oxygen atoms in total. The second kappa shape index (κ2) is 5.13. The Morgan fingerprint density at radius 3 is 3.16 bits per heavy atom. The van der Waals surface area contributed by atoms with Crippen molar-refractivity contribution in [3.05, 3.63) is 34.5 Å². The van der Waals surface area contributed by atoms with E-state index in [0.717, 1.165) is 36.5 Å². The SMILES string of the molecule is Cc1ncsc1C(=O)N1CCC[C@@H]1Cn1cccn1. The van der Waals surface area contributed by atoms with Crippen molar-refractivity contribution >= 4 is 17.2 Å². The Labute approximate surface area is 115 Å². The molecule has 0 radical (unpaired) electrons. The summed E-state index contributed by atoms with van der Waals surface area (Å²) in [5.41, 5.74) is 2.57. The zero-order valence-electron chi connectivity index (χ0n) is 10.8. The standard InChI is InChI=1S/C13H16N4OS/c1-10-12(19-9-14-10)13(18)17-7-2-4-11(17)8-16-6-3-5-15-16/h3,5-6,9,11H,2,4,7-8H2,1H3/t11-/m1/s1. The highest BCUT2D eigenvalue weighted by atomic mass is 32.1. The van der Waals surface area contributed by atoms with Gasteiger partial charge in [-0.2, -0.15) is 5.10 Å². The maximum absolute atomic E-state index is 12.5. The zero-order valence-corrected chi connectivity index (χ0v) is 11.6. The summed E-state index contributed by atoms with van der Waals surface area (Å²) < 4.78 is 1.90. The molecular weight excluding hydrogens is 260 g/mol. The Hall–Kier alpha value is -1.69. The van der Waals surface area contributed by atoms with E-state index in [1.807, 2.05) is 28.8 Å². The summed E-state index contributed by atoms with van der Waals surface area (Å²) in [6.45, 7) is 3.50. The van der Waals surface area contributed by atoms with Crippen molar-refractivity contribution in [2.45, 2.75) is 32.4 Å². The number of thiazole rings is 1. The van der Waals surface area contributed by atoms with Gasteiger partial charge in [-0.15, -0.1) is 11.3 Å². The molecular formula is C13H16N4OS. The largest absolute Gasteiger partial charge is 0.333 e. The van der Waals surface area contributed by atoms with Crippen molar-refractivity contribution in [3.8, 4) is 0 Å². The van der Waals surface area contributed by atoms with E-state index in [2.05, 4.69) is 10.1 Å². The quantitative estimate of drug-likeness (QED) is 0.861. The Bertz CT molecular complexity index is 563. The molecule has 2 aromatic heterocycles. The normalized spacial score (nSPS) is 19.0. The van der Waals surface area contributed by atoms with Gasteiger partial charge in [-0.3, -0.25) is 9.48 Å². The molecule has 0 bridgehead atoms. The highest BCUT2D eigenvalue weighted by molar-refractivity contribution is 7.11. The number of rotatable bonds is 3. The topological polar surface area (TPSA) is 51.0 Å². The Kier molecular flexibility index (Phi) is 3.33. The van der Waals surface area contributed by atoms with Crippen molar-refractivity contribution in [3.63, 3.8) is 0 Å². The van der Waals surface area contributed by atoms with Gasteiger partial charge >= 0.3 is 0 Å². The minimum absolute atomic E-state index is 0.120. The average Bonchev–Trinajstić information content (AvgIpc) is 3.10. The van der Waals surface area contributed by atoms with Crippen LogP contribution >= 0.6 is 11.3 Å². The van der Waals surface area contributed by atoms with Gasteiger partial charge in [0.1, 0.15) is 4.88 Å². The summed E-state index contributed by atoms with van der Waals surface area (Å²) in [7, 11) is 0. The number of hydrogen-bond donors (Lipinski definition) is 0. The van der Waals surface area contributed by atoms with Gasteiger partial charge in [0, 0.05) is 18.9 Å². The molecule has 1 amide bonds. The lowest BCUT2D eigenvalue weighted by Gasteiger charge is -2.24. The van der Waals surface area contributed by atoms with Crippen molar-refractivity contribution < 1.29 is 4.79 Å². The van der Waals surface area contributed by atoms with Gasteiger partial charge in [-0.25, -0.2) is 4.98 Å². The van der Waals surface area contributed by atoms with Crippen molar-refractivity contribution in [1.29, 1.82) is 0 Å². The van der Waals surface area contributed by atoms with Crippen LogP contribution in [0.4, 0.5) is 0 Å². The third-order valence-corrected chi connectivity index (χ3v) is 4.45. The summed E-state index contributed by atoms with van der Waals surface area (Å²) in [6.07, 6.45) is 5.83. The van der Waals surface area contributed by atoms with E-state index >= 15 is 0 Å². The first-order valence-electron chi connectivity index (χ1n) is 6.44. The molecule has 6 heteroatoms. The molecule has 1 aliphatic heterocycles. The van der Waals surface area contributed by atoms with Crippen molar-refractivity contribution in [2.75, 3.05) is 6.54 Å². The van der Waals surface area contributed by atoms with Gasteiger partial charge in [-0.05, 0) is 25.8 Å². The van der Waals surface area contributed by atoms with E-state index in [1.165, 1.54) is 11.3 Å². The minimum Gasteiger partial charge on any atom is -0.333 e. The van der Waals surface area contributed by atoms with E-state index in [0.29, 0.717) is 0 Å². The smallest absolute Gasteiger partial charge is 0.266 e. The molecule has 100 valence electrons. The number of carbonyl (C=O) groups is 1. The van der Waals surface area contributed by atoms with Gasteiger partial charge in [0.25, 0.3) is 5.91 Å². The lowest BCUT2D eigenvalue weighted by atomic mass is 10.2. The van der Waals surface area contributed by atoms with Gasteiger partial charge in [0.2, 0.25) is 0 Å². The van der Waals surface area contributed by atoms with Gasteiger partial charge in [-0.1, -0.05) is 0 Å². The molecule has 2 aromatic rings. The fourth-order valence-corrected chi connectivity index (χ4v) is 3.31. The average molecular weight is 276 g/mol. The van der Waals surface area contributed by atoms with Gasteiger partial charge in [0.05, 0.1) is 23.8 Å². The number of hydrogen-bond acceptors (Lipinski definition) is 4. The predicted octanol–water partition coefficient (Wildman–Crippen LogP) is 1.95. The maximum Gasteiger partial charge on any atom is 0.266 e. The highest BCUT2D eigenvalue weighted by Crippen LogP contribution is 2.24. The first-order chi connectivity index (χ1) is 9.25. The third-order valence-electron chi connectivity index (χ3n) is 3.53. The Morgan fingerprint density at radius 1 is 1.58 bits per heavy atom. The molecule has 19 heavy (non-hydrogen) atoms. The molecule has 0 aromatic carbocycles. The van der Waals surface area contributed by atoms with Gasteiger partial charge in [0.15, 0.2) is 0 Å². The first-order valence-corrected chi connectivity index (χ1v) is 7.32. The predicted molar refractivity (Wildman–Crippen MR) is 73.1 cm³/mol. The number of likely N-dealkylation sites (tertiary alicyclic amines) is 1. The fourth-order valence-electron chi connectivity index (χ4n) is 2.55. The maximum atomic E-state index is 12.5. The van der Waals surface area contributed by atoms with Crippen LogP contribution in [0.25, 0.3) is 0 Å². The monoisotopic (exact) mass is 276 g/mol. The van der Waals surface area contributed by atoms with E-state index in [4.69, 9.17) is 0 Å². The Morgan fingerprint density at radius 2 is 2.47 bits per heavy atom. The van der Waals surface area contributed by atoms with E-state index < -0.39 is 0 Å². The highest BCUT2D eigenvalue weighted by Gasteiger charge is 2.31. The molecule has 0 N–H and O–H groups in total. The molecule has 1 aliphatic rings. The van der Waals surface area contributed by atoms with E-state index in [1.54, 1.807) is 11.7 Å². The number of aryl methyl sites for hydroxylation is 1. The molecule has 0 aliphatic carbocycles. The van der Waals surface area contributed by atoms with Crippen LogP contribution in [0.2, 0.25) is 0 Å². The Balaban J connectivity index is 1.76. The van der Waals surface area contributed by atoms with E-state index in [-0.39, 0.29) is 11.9 Å². The second-order valence-corrected chi connectivity index (χ2v) is 5.64. The molecule has 1 saturated heterocycles. The molecule has 0 saturated carbocycles. The zero-order chi connectivity index (χ0) is 13.2. The summed E-state index contributed by atoms with van der Waals surface area (Å²) in [4.78, 5) is 19.4. The van der Waals surface area contributed by atoms with Crippen LogP contribution in [0, 0.1) is 6.92 Å². The molecule has 3 rings (SSSR count). The number of nitrogens with zero attached hydrogens (tertiary/aromatic N) is 4. The lowest BCUT2D eigenvalue weighted by Crippen LogP contribution is -2.38. The summed E-state index contributed by atoms with van der Waals surface area (Å²) in [5, 5.41) is 4.22.